The molecule has 1 aliphatic heterocycles. The predicted octanol–water partition coefficient (Wildman–Crippen LogP) is 3.97. The Morgan fingerprint density at radius 2 is 2.14 bits per heavy atom. The van der Waals surface area contributed by atoms with Gasteiger partial charge in [-0.15, -0.1) is 23.1 Å². The first-order valence-corrected chi connectivity index (χ1v) is 12.0. The number of rotatable bonds is 3. The van der Waals surface area contributed by atoms with Crippen LogP contribution in [0.25, 0.3) is 10.2 Å². The fourth-order valence-electron chi connectivity index (χ4n) is 4.59. The normalized spacial score (nSPS) is 22.6. The SMILES string of the molecule is C[C@@H]1CCc2c(sc3nc([C@@H](C)[NH2+][C@@H]4CCSc5ccccc54)[nH]c(=O)c23)C1. The number of benzene rings is 1. The van der Waals surface area contributed by atoms with Crippen LogP contribution in [-0.4, -0.2) is 15.7 Å². The number of quaternary nitrogens is 1. The third-order valence-corrected chi connectivity index (χ3v) is 8.41. The van der Waals surface area contributed by atoms with Gasteiger partial charge in [-0.05, 0) is 43.7 Å². The van der Waals surface area contributed by atoms with E-state index in [1.807, 2.05) is 11.8 Å². The van der Waals surface area contributed by atoms with E-state index in [4.69, 9.17) is 4.98 Å². The molecule has 28 heavy (non-hydrogen) atoms. The van der Waals surface area contributed by atoms with Gasteiger partial charge in [-0.25, -0.2) is 4.98 Å². The zero-order valence-corrected chi connectivity index (χ0v) is 18.0. The van der Waals surface area contributed by atoms with Crippen molar-refractivity contribution in [1.82, 2.24) is 9.97 Å². The number of nitrogens with one attached hydrogen (secondary N) is 1. The van der Waals surface area contributed by atoms with Crippen LogP contribution in [-0.2, 0) is 12.8 Å². The largest absolute Gasteiger partial charge is 0.332 e. The zero-order valence-electron chi connectivity index (χ0n) is 16.3. The maximum Gasteiger partial charge on any atom is 0.260 e. The van der Waals surface area contributed by atoms with Crippen molar-refractivity contribution in [3.05, 3.63) is 56.4 Å². The van der Waals surface area contributed by atoms with E-state index in [0.717, 1.165) is 41.1 Å². The molecule has 0 saturated carbocycles. The van der Waals surface area contributed by atoms with E-state index < -0.39 is 0 Å². The fourth-order valence-corrected chi connectivity index (χ4v) is 7.13. The van der Waals surface area contributed by atoms with E-state index in [9.17, 15) is 4.79 Å². The minimum Gasteiger partial charge on any atom is -0.332 e. The number of aromatic amines is 1. The number of thioether (sulfide) groups is 1. The van der Waals surface area contributed by atoms with Crippen molar-refractivity contribution in [1.29, 1.82) is 0 Å². The summed E-state index contributed by atoms with van der Waals surface area (Å²) < 4.78 is 0. The molecule has 3 N–H and O–H groups in total. The molecule has 0 radical (unpaired) electrons. The van der Waals surface area contributed by atoms with E-state index >= 15 is 0 Å². The highest BCUT2D eigenvalue weighted by atomic mass is 32.2. The number of hydrogen-bond donors (Lipinski definition) is 2. The molecule has 1 aliphatic carbocycles. The number of aromatic nitrogens is 2. The lowest BCUT2D eigenvalue weighted by molar-refractivity contribution is -0.733. The Morgan fingerprint density at radius 1 is 1.29 bits per heavy atom. The molecule has 4 nitrogen and oxygen atoms in total. The van der Waals surface area contributed by atoms with Gasteiger partial charge in [0.1, 0.15) is 16.9 Å². The number of fused-ring (bicyclic) bond motifs is 4. The third-order valence-electron chi connectivity index (χ3n) is 6.14. The first-order valence-electron chi connectivity index (χ1n) is 10.2. The smallest absolute Gasteiger partial charge is 0.260 e. The van der Waals surface area contributed by atoms with Crippen molar-refractivity contribution in [3.8, 4) is 0 Å². The number of hydrogen-bond acceptors (Lipinski definition) is 4. The molecule has 146 valence electrons. The lowest BCUT2D eigenvalue weighted by Gasteiger charge is -2.25. The average Bonchev–Trinajstić information content (AvgIpc) is 3.06. The van der Waals surface area contributed by atoms with Gasteiger partial charge < -0.3 is 10.3 Å². The van der Waals surface area contributed by atoms with Crippen LogP contribution >= 0.6 is 23.1 Å². The number of aryl methyl sites for hydroxylation is 1. The second-order valence-electron chi connectivity index (χ2n) is 8.25. The lowest BCUT2D eigenvalue weighted by atomic mass is 9.89. The van der Waals surface area contributed by atoms with Gasteiger partial charge in [0.25, 0.3) is 5.56 Å². The van der Waals surface area contributed by atoms with Gasteiger partial charge in [0.2, 0.25) is 0 Å². The summed E-state index contributed by atoms with van der Waals surface area (Å²) >= 11 is 3.68. The van der Waals surface area contributed by atoms with Crippen molar-refractivity contribution in [3.63, 3.8) is 0 Å². The molecule has 0 spiro atoms. The van der Waals surface area contributed by atoms with Gasteiger partial charge in [-0.3, -0.25) is 4.79 Å². The summed E-state index contributed by atoms with van der Waals surface area (Å²) in [6.45, 7) is 4.46. The van der Waals surface area contributed by atoms with Crippen LogP contribution in [0.1, 0.15) is 60.6 Å². The van der Waals surface area contributed by atoms with E-state index in [2.05, 4.69) is 48.4 Å². The van der Waals surface area contributed by atoms with Crippen molar-refractivity contribution >= 4 is 33.3 Å². The number of nitrogens with zero attached hydrogens (tertiary/aromatic N) is 1. The van der Waals surface area contributed by atoms with Gasteiger partial charge in [-0.2, -0.15) is 0 Å². The predicted molar refractivity (Wildman–Crippen MR) is 116 cm³/mol. The fraction of sp³-hybridized carbons (Fsp3) is 0.455. The molecule has 3 aromatic rings. The van der Waals surface area contributed by atoms with Crippen LogP contribution in [0.5, 0.6) is 0 Å². The minimum atomic E-state index is 0.0481. The molecule has 0 fully saturated rings. The molecular weight excluding hydrogens is 386 g/mol. The maximum atomic E-state index is 12.9. The van der Waals surface area contributed by atoms with Gasteiger partial charge in [0.05, 0.1) is 5.39 Å². The lowest BCUT2D eigenvalue weighted by Crippen LogP contribution is -2.86. The van der Waals surface area contributed by atoms with Crippen LogP contribution in [0.3, 0.4) is 0 Å². The number of thiophene rings is 1. The number of H-pyrrole nitrogens is 1. The second kappa shape index (κ2) is 7.32. The van der Waals surface area contributed by atoms with E-state index in [-0.39, 0.29) is 11.6 Å². The molecule has 0 amide bonds. The Balaban J connectivity index is 1.46. The Morgan fingerprint density at radius 3 is 3.04 bits per heavy atom. The van der Waals surface area contributed by atoms with Crippen LogP contribution in [0, 0.1) is 5.92 Å². The van der Waals surface area contributed by atoms with Crippen molar-refractivity contribution in [2.45, 2.75) is 56.5 Å². The molecule has 0 unspecified atom stereocenters. The van der Waals surface area contributed by atoms with Crippen molar-refractivity contribution < 1.29 is 5.32 Å². The molecule has 0 saturated heterocycles. The van der Waals surface area contributed by atoms with Gasteiger partial charge >= 0.3 is 0 Å². The van der Waals surface area contributed by atoms with Gasteiger partial charge in [0, 0.05) is 27.5 Å². The Labute approximate surface area is 173 Å². The maximum absolute atomic E-state index is 12.9. The Kier molecular flexibility index (Phi) is 4.81. The Bertz CT molecular complexity index is 1090. The first kappa shape index (κ1) is 18.4. The zero-order chi connectivity index (χ0) is 19.3. The monoisotopic (exact) mass is 412 g/mol. The summed E-state index contributed by atoms with van der Waals surface area (Å²) in [5.41, 5.74) is 2.72. The molecule has 2 aromatic heterocycles. The summed E-state index contributed by atoms with van der Waals surface area (Å²) in [4.78, 5) is 24.6. The topological polar surface area (TPSA) is 62.4 Å². The molecule has 6 heteroatoms. The molecule has 0 bridgehead atoms. The quantitative estimate of drug-likeness (QED) is 0.684. The van der Waals surface area contributed by atoms with E-state index in [0.29, 0.717) is 12.0 Å². The molecule has 3 heterocycles. The number of nitrogens with two attached hydrogens (primary N) is 1. The molecule has 1 aromatic carbocycles. The van der Waals surface area contributed by atoms with Crippen molar-refractivity contribution in [2.24, 2.45) is 5.92 Å². The Hall–Kier alpha value is -1.63. The van der Waals surface area contributed by atoms with Crippen LogP contribution in [0.15, 0.2) is 34.0 Å². The standard InChI is InChI=1S/C22H25N3OS2/c1-12-7-8-15-18(11-12)28-22-19(15)21(26)24-20(25-22)13(2)23-16-9-10-27-17-6-4-3-5-14(16)17/h3-6,12-13,16,23H,7-11H2,1-2H3,(H,24,25,26)/p+1/t12-,13-,16-/m1/s1. The van der Waals surface area contributed by atoms with Crippen molar-refractivity contribution in [2.75, 3.05) is 5.75 Å². The second-order valence-corrected chi connectivity index (χ2v) is 10.5. The van der Waals surface area contributed by atoms with E-state index in [1.54, 1.807) is 11.3 Å². The summed E-state index contributed by atoms with van der Waals surface area (Å²) in [6.07, 6.45) is 4.41. The first-order chi connectivity index (χ1) is 13.6. The van der Waals surface area contributed by atoms with Crippen LogP contribution in [0.4, 0.5) is 0 Å². The highest BCUT2D eigenvalue weighted by molar-refractivity contribution is 7.99. The molecule has 5 rings (SSSR count). The molecular formula is C22H26N3OS2+. The van der Waals surface area contributed by atoms with Crippen LogP contribution < -0.4 is 10.9 Å². The van der Waals surface area contributed by atoms with E-state index in [1.165, 1.54) is 27.3 Å². The van der Waals surface area contributed by atoms with Gasteiger partial charge in [0.15, 0.2) is 5.82 Å². The molecule has 2 aliphatic rings. The summed E-state index contributed by atoms with van der Waals surface area (Å²) in [5, 5.41) is 3.22. The average molecular weight is 413 g/mol. The van der Waals surface area contributed by atoms with Gasteiger partial charge in [-0.1, -0.05) is 25.1 Å². The highest BCUT2D eigenvalue weighted by Crippen LogP contribution is 2.36. The summed E-state index contributed by atoms with van der Waals surface area (Å²) in [5.74, 6) is 2.65. The summed E-state index contributed by atoms with van der Waals surface area (Å²) in [7, 11) is 0. The minimum absolute atomic E-state index is 0.0481. The highest BCUT2D eigenvalue weighted by Gasteiger charge is 2.28. The molecule has 3 atom stereocenters. The third kappa shape index (κ3) is 3.21. The van der Waals surface area contributed by atoms with Crippen LogP contribution in [0.2, 0.25) is 0 Å². The summed E-state index contributed by atoms with van der Waals surface area (Å²) in [6, 6.07) is 9.24.